The highest BCUT2D eigenvalue weighted by Gasteiger charge is 2.13. The molecular formula is C5H11NO2. The summed E-state index contributed by atoms with van der Waals surface area (Å²) >= 11 is 0. The summed E-state index contributed by atoms with van der Waals surface area (Å²) in [6, 6.07) is 0. The minimum atomic E-state index is -0.991. The second-order valence-electron chi connectivity index (χ2n) is 2.09. The Labute approximate surface area is 48.5 Å². The number of hydrogen-bond acceptors (Lipinski definition) is 2. The lowest BCUT2D eigenvalue weighted by Crippen LogP contribution is -2.32. The van der Waals surface area contributed by atoms with E-state index in [4.69, 9.17) is 10.8 Å². The Morgan fingerprint density at radius 3 is 2.00 bits per heavy atom. The van der Waals surface area contributed by atoms with E-state index in [1.807, 2.05) is 0 Å². The third-order valence-electron chi connectivity index (χ3n) is 0.923. The van der Waals surface area contributed by atoms with Gasteiger partial charge in [0, 0.05) is 0 Å². The van der Waals surface area contributed by atoms with Crippen LogP contribution in [-0.4, -0.2) is 17.1 Å². The van der Waals surface area contributed by atoms with Gasteiger partial charge in [0.2, 0.25) is 5.91 Å². The van der Waals surface area contributed by atoms with Crippen LogP contribution >= 0.6 is 0 Å². The van der Waals surface area contributed by atoms with Crippen molar-refractivity contribution in [3.05, 3.63) is 0 Å². The summed E-state index contributed by atoms with van der Waals surface area (Å²) < 4.78 is 0. The van der Waals surface area contributed by atoms with E-state index < -0.39 is 12.0 Å². The van der Waals surface area contributed by atoms with Gasteiger partial charge in [-0.25, -0.2) is 0 Å². The molecule has 0 aliphatic rings. The van der Waals surface area contributed by atoms with Crippen molar-refractivity contribution in [3.63, 3.8) is 0 Å². The molecule has 1 unspecified atom stereocenters. The molecule has 0 aromatic heterocycles. The summed E-state index contributed by atoms with van der Waals surface area (Å²) in [5, 5.41) is 8.73. The third-order valence-corrected chi connectivity index (χ3v) is 0.923. The van der Waals surface area contributed by atoms with Crippen LogP contribution in [0.4, 0.5) is 0 Å². The molecule has 0 aliphatic heterocycles. The van der Waals surface area contributed by atoms with Crippen molar-refractivity contribution in [2.24, 2.45) is 11.7 Å². The van der Waals surface area contributed by atoms with Crippen molar-refractivity contribution in [2.45, 2.75) is 20.0 Å². The van der Waals surface area contributed by atoms with Crippen molar-refractivity contribution in [1.29, 1.82) is 0 Å². The molecule has 0 rings (SSSR count). The van der Waals surface area contributed by atoms with Crippen LogP contribution in [0.25, 0.3) is 0 Å². The highest BCUT2D eigenvalue weighted by Crippen LogP contribution is 1.98. The van der Waals surface area contributed by atoms with Gasteiger partial charge < -0.3 is 10.8 Å². The van der Waals surface area contributed by atoms with Gasteiger partial charge >= 0.3 is 0 Å². The predicted octanol–water partition coefficient (Wildman–Crippen LogP) is -0.511. The SMILES string of the molecule is CC(C)C(O)C(N)=O. The van der Waals surface area contributed by atoms with E-state index in [0.717, 1.165) is 0 Å². The van der Waals surface area contributed by atoms with Crippen LogP contribution in [0, 0.1) is 5.92 Å². The summed E-state index contributed by atoms with van der Waals surface area (Å²) in [7, 11) is 0. The van der Waals surface area contributed by atoms with Gasteiger partial charge in [-0.05, 0) is 5.92 Å². The molecule has 0 heterocycles. The normalized spacial score (nSPS) is 14.0. The fourth-order valence-electron chi connectivity index (χ4n) is 0.329. The number of primary amides is 1. The first-order chi connectivity index (χ1) is 3.55. The van der Waals surface area contributed by atoms with E-state index in [-0.39, 0.29) is 5.92 Å². The maximum atomic E-state index is 10.1. The van der Waals surface area contributed by atoms with Crippen LogP contribution < -0.4 is 5.73 Å². The molecule has 3 heteroatoms. The van der Waals surface area contributed by atoms with Crippen LogP contribution in [0.5, 0.6) is 0 Å². The zero-order valence-corrected chi connectivity index (χ0v) is 5.09. The number of carbonyl (C=O) groups is 1. The number of carbonyl (C=O) groups excluding carboxylic acids is 1. The molecule has 0 aromatic rings. The molecule has 3 nitrogen and oxygen atoms in total. The van der Waals surface area contributed by atoms with Gasteiger partial charge in [0.15, 0.2) is 0 Å². The molecule has 0 radical (unpaired) electrons. The van der Waals surface area contributed by atoms with Crippen molar-refractivity contribution in [3.8, 4) is 0 Å². The Hall–Kier alpha value is -0.570. The van der Waals surface area contributed by atoms with Gasteiger partial charge in [-0.15, -0.1) is 0 Å². The van der Waals surface area contributed by atoms with Crippen molar-refractivity contribution in [2.75, 3.05) is 0 Å². The Balaban J connectivity index is 3.64. The molecule has 0 aliphatic carbocycles. The van der Waals surface area contributed by atoms with E-state index in [1.165, 1.54) is 0 Å². The monoisotopic (exact) mass is 117 g/mol. The van der Waals surface area contributed by atoms with Crippen LogP contribution in [0.3, 0.4) is 0 Å². The summed E-state index contributed by atoms with van der Waals surface area (Å²) in [5.74, 6) is -0.729. The molecule has 8 heavy (non-hydrogen) atoms. The van der Waals surface area contributed by atoms with Crippen LogP contribution in [-0.2, 0) is 4.79 Å². The molecule has 1 atom stereocenters. The Morgan fingerprint density at radius 1 is 1.62 bits per heavy atom. The number of amides is 1. The second kappa shape index (κ2) is 2.67. The molecule has 0 bridgehead atoms. The number of aliphatic hydroxyl groups is 1. The molecule has 0 spiro atoms. The lowest BCUT2D eigenvalue weighted by molar-refractivity contribution is -0.127. The van der Waals surface area contributed by atoms with Crippen LogP contribution in [0.15, 0.2) is 0 Å². The summed E-state index contributed by atoms with van der Waals surface area (Å²) in [6.07, 6.45) is -0.991. The quantitative estimate of drug-likeness (QED) is 0.511. The average Bonchev–Trinajstić information content (AvgIpc) is 1.64. The highest BCUT2D eigenvalue weighted by atomic mass is 16.3. The number of aliphatic hydroxyl groups excluding tert-OH is 1. The summed E-state index contributed by atoms with van der Waals surface area (Å²) in [5.41, 5.74) is 4.75. The molecular weight excluding hydrogens is 106 g/mol. The van der Waals surface area contributed by atoms with Gasteiger partial charge in [0.05, 0.1) is 0 Å². The van der Waals surface area contributed by atoms with E-state index in [0.29, 0.717) is 0 Å². The number of rotatable bonds is 2. The minimum Gasteiger partial charge on any atom is -0.383 e. The van der Waals surface area contributed by atoms with Crippen molar-refractivity contribution >= 4 is 5.91 Å². The molecule has 0 aromatic carbocycles. The van der Waals surface area contributed by atoms with E-state index >= 15 is 0 Å². The zero-order chi connectivity index (χ0) is 6.73. The third kappa shape index (κ3) is 1.93. The first-order valence-corrected chi connectivity index (χ1v) is 2.53. The second-order valence-corrected chi connectivity index (χ2v) is 2.09. The summed E-state index contributed by atoms with van der Waals surface area (Å²) in [4.78, 5) is 10.1. The Bertz CT molecular complexity index is 90.4. The molecule has 0 saturated carbocycles. The topological polar surface area (TPSA) is 63.3 Å². The average molecular weight is 117 g/mol. The van der Waals surface area contributed by atoms with Crippen LogP contribution in [0.2, 0.25) is 0 Å². The first kappa shape index (κ1) is 7.43. The maximum absolute atomic E-state index is 10.1. The fourth-order valence-corrected chi connectivity index (χ4v) is 0.329. The fraction of sp³-hybridized carbons (Fsp3) is 0.800. The predicted molar refractivity (Wildman–Crippen MR) is 30.0 cm³/mol. The molecule has 3 N–H and O–H groups in total. The lowest BCUT2D eigenvalue weighted by Gasteiger charge is -2.07. The Morgan fingerprint density at radius 2 is 2.00 bits per heavy atom. The minimum absolute atomic E-state index is 0.0764. The molecule has 1 amide bonds. The number of hydrogen-bond donors (Lipinski definition) is 2. The zero-order valence-electron chi connectivity index (χ0n) is 5.09. The van der Waals surface area contributed by atoms with E-state index in [1.54, 1.807) is 13.8 Å². The lowest BCUT2D eigenvalue weighted by atomic mass is 10.1. The molecule has 48 valence electrons. The standard InChI is InChI=1S/C5H11NO2/c1-3(2)4(7)5(6)8/h3-4,7H,1-2H3,(H2,6,8). The molecule has 0 saturated heterocycles. The smallest absolute Gasteiger partial charge is 0.246 e. The Kier molecular flexibility index (Phi) is 2.48. The number of nitrogens with two attached hydrogens (primary N) is 1. The summed E-state index contributed by atoms with van der Waals surface area (Å²) in [6.45, 7) is 3.46. The van der Waals surface area contributed by atoms with Crippen molar-refractivity contribution < 1.29 is 9.90 Å². The molecule has 0 fully saturated rings. The van der Waals surface area contributed by atoms with Crippen molar-refractivity contribution in [1.82, 2.24) is 0 Å². The van der Waals surface area contributed by atoms with Crippen LogP contribution in [0.1, 0.15) is 13.8 Å². The van der Waals surface area contributed by atoms with Gasteiger partial charge in [-0.3, -0.25) is 4.79 Å². The van der Waals surface area contributed by atoms with Gasteiger partial charge in [0.25, 0.3) is 0 Å². The van der Waals surface area contributed by atoms with E-state index in [2.05, 4.69) is 0 Å². The van der Waals surface area contributed by atoms with Gasteiger partial charge in [-0.2, -0.15) is 0 Å². The highest BCUT2D eigenvalue weighted by molar-refractivity contribution is 5.78. The first-order valence-electron chi connectivity index (χ1n) is 2.53. The maximum Gasteiger partial charge on any atom is 0.246 e. The van der Waals surface area contributed by atoms with Gasteiger partial charge in [-0.1, -0.05) is 13.8 Å². The largest absolute Gasteiger partial charge is 0.383 e. The van der Waals surface area contributed by atoms with E-state index in [9.17, 15) is 4.79 Å². The van der Waals surface area contributed by atoms with Gasteiger partial charge in [0.1, 0.15) is 6.10 Å².